The largest absolute Gasteiger partial charge is 0.461 e. The highest BCUT2D eigenvalue weighted by Gasteiger charge is 2.34. The van der Waals surface area contributed by atoms with Crippen LogP contribution >= 0.6 is 0 Å². The van der Waals surface area contributed by atoms with Gasteiger partial charge in [0.05, 0.1) is 17.3 Å². The molecule has 3 unspecified atom stereocenters. The molecule has 0 amide bonds. The van der Waals surface area contributed by atoms with Crippen LogP contribution in [-0.4, -0.2) is 35.5 Å². The topological polar surface area (TPSA) is 55.8 Å². The number of esters is 1. The van der Waals surface area contributed by atoms with E-state index < -0.39 is 6.10 Å². The summed E-state index contributed by atoms with van der Waals surface area (Å²) in [6, 6.07) is 8.82. The summed E-state index contributed by atoms with van der Waals surface area (Å²) >= 11 is 0. The standard InChI is InChI=1S/C17H22O4/c1-17(2,3)21-14-10-9-13(15(14)18)11-20-16(19)12-7-5-4-6-8-12/h4-10,13-15,18H,11H2,1-3H3. The Bertz CT molecular complexity index is 501. The molecular weight excluding hydrogens is 268 g/mol. The number of hydrogen-bond donors (Lipinski definition) is 1. The summed E-state index contributed by atoms with van der Waals surface area (Å²) in [6.07, 6.45) is 2.63. The fourth-order valence-corrected chi connectivity index (χ4v) is 2.22. The molecule has 4 heteroatoms. The lowest BCUT2D eigenvalue weighted by Crippen LogP contribution is -2.36. The first kappa shape index (κ1) is 15.7. The molecule has 0 saturated carbocycles. The van der Waals surface area contributed by atoms with Crippen molar-refractivity contribution in [2.24, 2.45) is 5.92 Å². The van der Waals surface area contributed by atoms with Crippen molar-refractivity contribution in [3.8, 4) is 0 Å². The molecule has 1 aliphatic carbocycles. The number of carbonyl (C=O) groups excluding carboxylic acids is 1. The van der Waals surface area contributed by atoms with Gasteiger partial charge in [0, 0.05) is 5.92 Å². The Kier molecular flexibility index (Phi) is 4.80. The van der Waals surface area contributed by atoms with Crippen LogP contribution in [0.1, 0.15) is 31.1 Å². The second kappa shape index (κ2) is 6.41. The van der Waals surface area contributed by atoms with Crippen LogP contribution in [0, 0.1) is 5.92 Å². The molecule has 1 N–H and O–H groups in total. The number of aliphatic hydroxyl groups is 1. The van der Waals surface area contributed by atoms with Crippen molar-refractivity contribution in [3.05, 3.63) is 48.0 Å². The van der Waals surface area contributed by atoms with E-state index in [1.165, 1.54) is 0 Å². The molecule has 21 heavy (non-hydrogen) atoms. The minimum Gasteiger partial charge on any atom is -0.461 e. The second-order valence-electron chi connectivity index (χ2n) is 6.20. The van der Waals surface area contributed by atoms with Crippen LogP contribution in [0.25, 0.3) is 0 Å². The number of carbonyl (C=O) groups is 1. The first-order valence-electron chi connectivity index (χ1n) is 7.13. The predicted octanol–water partition coefficient (Wildman–Crippen LogP) is 2.57. The molecule has 4 nitrogen and oxygen atoms in total. The summed E-state index contributed by atoms with van der Waals surface area (Å²) < 4.78 is 11.0. The second-order valence-corrected chi connectivity index (χ2v) is 6.20. The normalized spacial score (nSPS) is 25.0. The number of hydrogen-bond acceptors (Lipinski definition) is 4. The first-order valence-corrected chi connectivity index (χ1v) is 7.13. The highest BCUT2D eigenvalue weighted by atomic mass is 16.5. The van der Waals surface area contributed by atoms with Crippen molar-refractivity contribution in [2.75, 3.05) is 6.61 Å². The summed E-state index contributed by atoms with van der Waals surface area (Å²) in [6.45, 7) is 5.97. The smallest absolute Gasteiger partial charge is 0.338 e. The van der Waals surface area contributed by atoms with Gasteiger partial charge in [0.25, 0.3) is 0 Å². The Balaban J connectivity index is 1.85. The van der Waals surface area contributed by atoms with E-state index in [1.54, 1.807) is 24.3 Å². The molecule has 0 aromatic heterocycles. The van der Waals surface area contributed by atoms with Crippen molar-refractivity contribution < 1.29 is 19.4 Å². The number of ether oxygens (including phenoxy) is 2. The summed E-state index contributed by atoms with van der Waals surface area (Å²) in [5.41, 5.74) is 0.183. The third-order valence-electron chi connectivity index (χ3n) is 3.23. The van der Waals surface area contributed by atoms with Crippen LogP contribution in [-0.2, 0) is 9.47 Å². The molecule has 3 atom stereocenters. The van der Waals surface area contributed by atoms with Gasteiger partial charge in [-0.1, -0.05) is 30.4 Å². The third kappa shape index (κ3) is 4.41. The minimum atomic E-state index is -0.687. The molecule has 0 bridgehead atoms. The Morgan fingerprint density at radius 2 is 1.86 bits per heavy atom. The SMILES string of the molecule is CC(C)(C)OC1C=CC(COC(=O)c2ccccc2)C1O. The molecule has 0 radical (unpaired) electrons. The number of aliphatic hydroxyl groups excluding tert-OH is 1. The van der Waals surface area contributed by atoms with Crippen molar-refractivity contribution in [2.45, 2.75) is 38.6 Å². The lowest BCUT2D eigenvalue weighted by atomic mass is 10.1. The van der Waals surface area contributed by atoms with E-state index in [9.17, 15) is 9.90 Å². The zero-order valence-corrected chi connectivity index (χ0v) is 12.7. The van der Waals surface area contributed by atoms with Gasteiger partial charge in [-0.05, 0) is 32.9 Å². The van der Waals surface area contributed by atoms with Crippen LogP contribution in [0.2, 0.25) is 0 Å². The Labute approximate surface area is 125 Å². The van der Waals surface area contributed by atoms with Crippen LogP contribution in [0.5, 0.6) is 0 Å². The lowest BCUT2D eigenvalue weighted by Gasteiger charge is -2.27. The van der Waals surface area contributed by atoms with Gasteiger partial charge >= 0.3 is 5.97 Å². The molecule has 0 heterocycles. The van der Waals surface area contributed by atoms with Crippen molar-refractivity contribution in [3.63, 3.8) is 0 Å². The van der Waals surface area contributed by atoms with E-state index in [2.05, 4.69) is 0 Å². The van der Waals surface area contributed by atoms with Crippen molar-refractivity contribution in [1.29, 1.82) is 0 Å². The first-order chi connectivity index (χ1) is 9.87. The van der Waals surface area contributed by atoms with Gasteiger partial charge in [-0.3, -0.25) is 0 Å². The van der Waals surface area contributed by atoms with Gasteiger partial charge in [-0.25, -0.2) is 4.79 Å². The van der Waals surface area contributed by atoms with Gasteiger partial charge in [-0.15, -0.1) is 0 Å². The van der Waals surface area contributed by atoms with E-state index in [4.69, 9.17) is 9.47 Å². The minimum absolute atomic E-state index is 0.148. The Morgan fingerprint density at radius 3 is 2.48 bits per heavy atom. The number of benzene rings is 1. The maximum Gasteiger partial charge on any atom is 0.338 e. The van der Waals surface area contributed by atoms with Gasteiger partial charge in [0.1, 0.15) is 12.7 Å². The van der Waals surface area contributed by atoms with E-state index in [0.29, 0.717) is 5.56 Å². The predicted molar refractivity (Wildman–Crippen MR) is 80.0 cm³/mol. The highest BCUT2D eigenvalue weighted by molar-refractivity contribution is 5.89. The molecule has 1 aliphatic rings. The lowest BCUT2D eigenvalue weighted by molar-refractivity contribution is -0.0950. The molecule has 0 fully saturated rings. The van der Waals surface area contributed by atoms with Crippen LogP contribution in [0.15, 0.2) is 42.5 Å². The molecule has 0 spiro atoms. The van der Waals surface area contributed by atoms with E-state index >= 15 is 0 Å². The summed E-state index contributed by atoms with van der Waals surface area (Å²) in [5.74, 6) is -0.610. The summed E-state index contributed by atoms with van der Waals surface area (Å²) in [7, 11) is 0. The van der Waals surface area contributed by atoms with Gasteiger partial charge in [0.15, 0.2) is 0 Å². The average Bonchev–Trinajstić information content (AvgIpc) is 2.76. The molecular formula is C17H22O4. The Hall–Kier alpha value is -1.65. The van der Waals surface area contributed by atoms with Gasteiger partial charge in [-0.2, -0.15) is 0 Å². The van der Waals surface area contributed by atoms with E-state index in [-0.39, 0.29) is 30.2 Å². The van der Waals surface area contributed by atoms with Gasteiger partial charge in [0.2, 0.25) is 0 Å². The zero-order valence-electron chi connectivity index (χ0n) is 12.7. The van der Waals surface area contributed by atoms with E-state index in [0.717, 1.165) is 0 Å². The molecule has 1 aromatic rings. The summed E-state index contributed by atoms with van der Waals surface area (Å²) in [4.78, 5) is 11.9. The fraction of sp³-hybridized carbons (Fsp3) is 0.471. The number of rotatable bonds is 4. The maximum absolute atomic E-state index is 11.9. The van der Waals surface area contributed by atoms with Gasteiger partial charge < -0.3 is 14.6 Å². The Morgan fingerprint density at radius 1 is 1.19 bits per heavy atom. The van der Waals surface area contributed by atoms with Crippen molar-refractivity contribution >= 4 is 5.97 Å². The van der Waals surface area contributed by atoms with Crippen LogP contribution in [0.4, 0.5) is 0 Å². The molecule has 0 aliphatic heterocycles. The molecule has 114 valence electrons. The molecule has 1 aromatic carbocycles. The third-order valence-corrected chi connectivity index (χ3v) is 3.23. The molecule has 2 rings (SSSR count). The van der Waals surface area contributed by atoms with Crippen LogP contribution in [0.3, 0.4) is 0 Å². The quantitative estimate of drug-likeness (QED) is 0.684. The van der Waals surface area contributed by atoms with Crippen LogP contribution < -0.4 is 0 Å². The molecule has 0 saturated heterocycles. The summed E-state index contributed by atoms with van der Waals surface area (Å²) in [5, 5.41) is 10.2. The highest BCUT2D eigenvalue weighted by Crippen LogP contribution is 2.25. The fourth-order valence-electron chi connectivity index (χ4n) is 2.22. The maximum atomic E-state index is 11.9. The van der Waals surface area contributed by atoms with E-state index in [1.807, 2.05) is 39.0 Å². The zero-order chi connectivity index (χ0) is 15.5. The van der Waals surface area contributed by atoms with Crippen molar-refractivity contribution in [1.82, 2.24) is 0 Å². The average molecular weight is 290 g/mol. The monoisotopic (exact) mass is 290 g/mol.